The van der Waals surface area contributed by atoms with Crippen molar-refractivity contribution in [2.75, 3.05) is 5.73 Å². The molecule has 0 spiro atoms. The van der Waals surface area contributed by atoms with E-state index in [2.05, 4.69) is 20.6 Å². The number of hydrogen-bond acceptors (Lipinski definition) is 6. The second-order valence-corrected chi connectivity index (χ2v) is 2.82. The molecule has 3 N–H and O–H groups in total. The molecule has 0 aliphatic heterocycles. The zero-order chi connectivity index (χ0) is 10.8. The van der Waals surface area contributed by atoms with Gasteiger partial charge in [-0.3, -0.25) is 0 Å². The van der Waals surface area contributed by atoms with Gasteiger partial charge in [-0.25, -0.2) is 0 Å². The predicted molar refractivity (Wildman–Crippen MR) is 48.4 cm³/mol. The van der Waals surface area contributed by atoms with E-state index in [4.69, 9.17) is 5.73 Å². The lowest BCUT2D eigenvalue weighted by molar-refractivity contribution is -0.254. The molecule has 2 rings (SSSR count). The third kappa shape index (κ3) is 1.62. The maximum absolute atomic E-state index is 10.6. The number of rotatable bonds is 2. The van der Waals surface area contributed by atoms with Crippen molar-refractivity contribution in [1.82, 2.24) is 20.6 Å². The first-order chi connectivity index (χ1) is 7.18. The minimum Gasteiger partial charge on any atom is -0.545 e. The Hall–Kier alpha value is -2.44. The number of hydrogen-bond donors (Lipinski definition) is 2. The third-order valence-corrected chi connectivity index (χ3v) is 1.88. The van der Waals surface area contributed by atoms with E-state index in [0.29, 0.717) is 11.4 Å². The third-order valence-electron chi connectivity index (χ3n) is 1.88. The van der Waals surface area contributed by atoms with E-state index >= 15 is 0 Å². The van der Waals surface area contributed by atoms with Crippen molar-refractivity contribution in [3.8, 4) is 11.4 Å². The minimum atomic E-state index is -1.31. The number of anilines is 1. The number of nitrogens with zero attached hydrogens (tertiary/aromatic N) is 3. The minimum absolute atomic E-state index is 0.0535. The van der Waals surface area contributed by atoms with Crippen LogP contribution in [0.2, 0.25) is 0 Å². The maximum atomic E-state index is 10.6. The number of tetrazole rings is 1. The Morgan fingerprint density at radius 1 is 1.47 bits per heavy atom. The first-order valence-corrected chi connectivity index (χ1v) is 4.03. The van der Waals surface area contributed by atoms with Crippen molar-refractivity contribution >= 4 is 11.7 Å². The van der Waals surface area contributed by atoms with Crippen molar-refractivity contribution < 1.29 is 9.90 Å². The molecule has 0 aliphatic rings. The monoisotopic (exact) mass is 204 g/mol. The summed E-state index contributed by atoms with van der Waals surface area (Å²) in [5, 5.41) is 23.7. The van der Waals surface area contributed by atoms with Gasteiger partial charge < -0.3 is 15.6 Å². The van der Waals surface area contributed by atoms with Gasteiger partial charge >= 0.3 is 0 Å². The number of nitrogens with one attached hydrogen (secondary N) is 1. The van der Waals surface area contributed by atoms with Crippen LogP contribution >= 0.6 is 0 Å². The fraction of sp³-hybridized carbons (Fsp3) is 0. The Kier molecular flexibility index (Phi) is 2.05. The van der Waals surface area contributed by atoms with Gasteiger partial charge in [-0.15, -0.1) is 10.2 Å². The first kappa shape index (κ1) is 9.13. The highest BCUT2D eigenvalue weighted by Crippen LogP contribution is 2.19. The summed E-state index contributed by atoms with van der Waals surface area (Å²) < 4.78 is 0. The highest BCUT2D eigenvalue weighted by molar-refractivity contribution is 5.93. The van der Waals surface area contributed by atoms with Crippen LogP contribution in [0.5, 0.6) is 0 Å². The summed E-state index contributed by atoms with van der Waals surface area (Å²) in [5.41, 5.74) is 6.17. The molecule has 0 saturated heterocycles. The molecule has 0 bridgehead atoms. The Bertz CT molecular complexity index is 494. The highest BCUT2D eigenvalue weighted by Gasteiger charge is 2.06. The number of benzene rings is 1. The largest absolute Gasteiger partial charge is 0.545 e. The van der Waals surface area contributed by atoms with Crippen LogP contribution < -0.4 is 10.8 Å². The van der Waals surface area contributed by atoms with Crippen molar-refractivity contribution in [1.29, 1.82) is 0 Å². The molecule has 0 fully saturated rings. The number of nitrogen functional groups attached to an aromatic ring is 1. The second-order valence-electron chi connectivity index (χ2n) is 2.82. The van der Waals surface area contributed by atoms with Crippen LogP contribution in [0.1, 0.15) is 10.4 Å². The van der Waals surface area contributed by atoms with Crippen LogP contribution in [-0.2, 0) is 0 Å². The van der Waals surface area contributed by atoms with Gasteiger partial charge in [0, 0.05) is 16.8 Å². The van der Waals surface area contributed by atoms with Gasteiger partial charge in [-0.1, -0.05) is 12.1 Å². The van der Waals surface area contributed by atoms with Gasteiger partial charge in [-0.2, -0.15) is 5.21 Å². The molecule has 1 aromatic heterocycles. The molecule has 1 aromatic carbocycles. The van der Waals surface area contributed by atoms with Crippen LogP contribution in [-0.4, -0.2) is 26.6 Å². The lowest BCUT2D eigenvalue weighted by atomic mass is 10.1. The summed E-state index contributed by atoms with van der Waals surface area (Å²) in [6.07, 6.45) is 0. The summed E-state index contributed by atoms with van der Waals surface area (Å²) in [4.78, 5) is 10.6. The topological polar surface area (TPSA) is 121 Å². The van der Waals surface area contributed by atoms with Gasteiger partial charge in [0.15, 0.2) is 0 Å². The van der Waals surface area contributed by atoms with Crippen LogP contribution in [0.3, 0.4) is 0 Å². The number of carbonyl (C=O) groups excluding carboxylic acids is 1. The fourth-order valence-electron chi connectivity index (χ4n) is 1.17. The van der Waals surface area contributed by atoms with E-state index in [0.717, 1.165) is 0 Å². The van der Waals surface area contributed by atoms with E-state index in [-0.39, 0.29) is 11.3 Å². The van der Waals surface area contributed by atoms with Crippen molar-refractivity contribution in [2.24, 2.45) is 0 Å². The van der Waals surface area contributed by atoms with Crippen LogP contribution in [0, 0.1) is 0 Å². The smallest absolute Gasteiger partial charge is 0.204 e. The molecule has 0 radical (unpaired) electrons. The van der Waals surface area contributed by atoms with Crippen molar-refractivity contribution in [2.45, 2.75) is 0 Å². The molecule has 7 nitrogen and oxygen atoms in total. The Morgan fingerprint density at radius 2 is 2.27 bits per heavy atom. The molecule has 0 amide bonds. The maximum Gasteiger partial charge on any atom is 0.204 e. The van der Waals surface area contributed by atoms with Gasteiger partial charge in [0.25, 0.3) is 0 Å². The Balaban J connectivity index is 2.47. The normalized spacial score (nSPS) is 10.1. The summed E-state index contributed by atoms with van der Waals surface area (Å²) in [5.74, 6) is -0.959. The fourth-order valence-corrected chi connectivity index (χ4v) is 1.17. The zero-order valence-corrected chi connectivity index (χ0v) is 7.47. The molecule has 0 aliphatic carbocycles. The number of aromatic nitrogens is 4. The number of H-pyrrole nitrogens is 1. The Labute approximate surface area is 83.9 Å². The lowest BCUT2D eigenvalue weighted by Crippen LogP contribution is -2.23. The molecule has 1 heterocycles. The Morgan fingerprint density at radius 3 is 2.80 bits per heavy atom. The quantitative estimate of drug-likeness (QED) is 0.593. The summed E-state index contributed by atoms with van der Waals surface area (Å²) in [6.45, 7) is 0. The number of carboxylic acids is 1. The summed E-state index contributed by atoms with van der Waals surface area (Å²) in [7, 11) is 0. The molecule has 76 valence electrons. The van der Waals surface area contributed by atoms with Crippen molar-refractivity contribution in [3.05, 3.63) is 23.8 Å². The van der Waals surface area contributed by atoms with Crippen LogP contribution in [0.25, 0.3) is 11.4 Å². The van der Waals surface area contributed by atoms with Gasteiger partial charge in [-0.05, 0) is 11.3 Å². The van der Waals surface area contributed by atoms with E-state index in [1.54, 1.807) is 0 Å². The number of carboxylic acid groups (broad SMARTS) is 1. The van der Waals surface area contributed by atoms with E-state index < -0.39 is 5.97 Å². The number of nitrogens with two attached hydrogens (primary N) is 1. The zero-order valence-electron chi connectivity index (χ0n) is 7.47. The molecular formula is C8H6N5O2-. The van der Waals surface area contributed by atoms with E-state index in [9.17, 15) is 9.90 Å². The molecule has 0 saturated carbocycles. The van der Waals surface area contributed by atoms with Crippen LogP contribution in [0.4, 0.5) is 5.69 Å². The molecule has 15 heavy (non-hydrogen) atoms. The second kappa shape index (κ2) is 3.37. The van der Waals surface area contributed by atoms with Crippen LogP contribution in [0.15, 0.2) is 18.2 Å². The molecular weight excluding hydrogens is 198 g/mol. The molecule has 0 atom stereocenters. The average molecular weight is 204 g/mol. The first-order valence-electron chi connectivity index (χ1n) is 4.03. The van der Waals surface area contributed by atoms with Gasteiger partial charge in [0.1, 0.15) is 0 Å². The molecule has 0 unspecified atom stereocenters. The van der Waals surface area contributed by atoms with Gasteiger partial charge in [0.05, 0.1) is 5.97 Å². The standard InChI is InChI=1S/C8H7N5O2/c9-6-3-4(7-10-12-13-11-7)1-2-5(6)8(14)15/h1-3H,9H2,(H,14,15)(H,10,11,12,13)/p-1. The number of carbonyl (C=O) groups is 1. The summed E-state index contributed by atoms with van der Waals surface area (Å²) in [6, 6.07) is 4.33. The molecule has 2 aromatic rings. The average Bonchev–Trinajstić information content (AvgIpc) is 2.69. The number of aromatic carboxylic acids is 1. The van der Waals surface area contributed by atoms with Gasteiger partial charge in [0.2, 0.25) is 5.82 Å². The lowest BCUT2D eigenvalue weighted by Gasteiger charge is -2.06. The predicted octanol–water partition coefficient (Wildman–Crippen LogP) is -1.19. The SMILES string of the molecule is Nc1cc(-c2nn[nH]n2)ccc1C(=O)[O-]. The summed E-state index contributed by atoms with van der Waals surface area (Å²) >= 11 is 0. The van der Waals surface area contributed by atoms with Crippen molar-refractivity contribution in [3.63, 3.8) is 0 Å². The van der Waals surface area contributed by atoms with E-state index in [1.807, 2.05) is 0 Å². The number of aromatic amines is 1. The molecule has 7 heteroatoms. The highest BCUT2D eigenvalue weighted by atomic mass is 16.4. The van der Waals surface area contributed by atoms with E-state index in [1.165, 1.54) is 18.2 Å².